The van der Waals surface area contributed by atoms with Gasteiger partial charge in [0.25, 0.3) is 0 Å². The molecule has 132 valence electrons. The summed E-state index contributed by atoms with van der Waals surface area (Å²) in [4.78, 5) is 9.05. The minimum Gasteiger partial charge on any atom is -0.497 e. The van der Waals surface area contributed by atoms with Crippen LogP contribution in [0, 0.1) is 23.7 Å². The lowest BCUT2D eigenvalue weighted by atomic mass is 9.95. The van der Waals surface area contributed by atoms with E-state index >= 15 is 0 Å². The van der Waals surface area contributed by atoms with Crippen LogP contribution in [0.25, 0.3) is 11.0 Å². The van der Waals surface area contributed by atoms with Crippen LogP contribution in [0.1, 0.15) is 56.6 Å². The van der Waals surface area contributed by atoms with Gasteiger partial charge in [0, 0.05) is 12.0 Å². The lowest BCUT2D eigenvalue weighted by Crippen LogP contribution is -1.99. The van der Waals surface area contributed by atoms with Crippen LogP contribution < -0.4 is 4.74 Å². The molecule has 1 aromatic carbocycles. The molecule has 4 unspecified atom stereocenters. The number of aromatic nitrogens is 2. The molecule has 0 spiro atoms. The van der Waals surface area contributed by atoms with Gasteiger partial charge in [-0.2, -0.15) is 0 Å². The first-order chi connectivity index (χ1) is 12.2. The predicted octanol–water partition coefficient (Wildman–Crippen LogP) is 4.66. The Labute approximate surface area is 148 Å². The highest BCUT2D eigenvalue weighted by molar-refractivity contribution is 5.76. The molecule has 3 fully saturated rings. The molecule has 5 atom stereocenters. The summed E-state index contributed by atoms with van der Waals surface area (Å²) in [5.74, 6) is 5.13. The van der Waals surface area contributed by atoms with Crippen molar-refractivity contribution in [1.82, 2.24) is 9.97 Å². The fraction of sp³-hybridized carbons (Fsp3) is 0.619. The standard InChI is InChI=1S/C21H26N2O2/c1-25-15-7-8-18-19(11-15)23-21(24)20(22-18)17-10-13(17)4-2-3-12-5-6-14-9-16(12)14/h7-8,11-14,16-17H,2-6,9-10H2,1H3,(H,23,24)/t12-,13?,14?,16?,17?/m0/s1. The molecule has 1 heterocycles. The molecule has 4 heteroatoms. The molecule has 0 aliphatic heterocycles. The van der Waals surface area contributed by atoms with Gasteiger partial charge in [-0.05, 0) is 67.9 Å². The summed E-state index contributed by atoms with van der Waals surface area (Å²) in [7, 11) is 1.63. The number of rotatable bonds is 6. The number of hydrogen-bond donors (Lipinski definition) is 1. The Morgan fingerprint density at radius 3 is 2.72 bits per heavy atom. The van der Waals surface area contributed by atoms with Crippen molar-refractivity contribution >= 4 is 11.0 Å². The lowest BCUT2D eigenvalue weighted by molar-refractivity contribution is 0.413. The van der Waals surface area contributed by atoms with E-state index in [1.807, 2.05) is 18.2 Å². The highest BCUT2D eigenvalue weighted by Gasteiger charge is 2.47. The topological polar surface area (TPSA) is 55.2 Å². The fourth-order valence-electron chi connectivity index (χ4n) is 5.14. The average Bonchev–Trinajstić information content (AvgIpc) is 3.53. The van der Waals surface area contributed by atoms with Crippen LogP contribution in [-0.4, -0.2) is 22.2 Å². The minimum absolute atomic E-state index is 0.102. The van der Waals surface area contributed by atoms with Crippen molar-refractivity contribution in [3.8, 4) is 11.6 Å². The number of ether oxygens (including phenoxy) is 1. The second kappa shape index (κ2) is 5.86. The van der Waals surface area contributed by atoms with Crippen molar-refractivity contribution in [3.05, 3.63) is 23.9 Å². The molecule has 25 heavy (non-hydrogen) atoms. The maximum Gasteiger partial charge on any atom is 0.234 e. The summed E-state index contributed by atoms with van der Waals surface area (Å²) in [5, 5.41) is 10.3. The Balaban J connectivity index is 1.22. The Morgan fingerprint density at radius 2 is 1.96 bits per heavy atom. The van der Waals surface area contributed by atoms with Crippen molar-refractivity contribution < 1.29 is 9.84 Å². The van der Waals surface area contributed by atoms with Gasteiger partial charge in [0.1, 0.15) is 11.4 Å². The van der Waals surface area contributed by atoms with E-state index in [1.54, 1.807) is 7.11 Å². The number of fused-ring (bicyclic) bond motifs is 2. The van der Waals surface area contributed by atoms with Gasteiger partial charge in [-0.15, -0.1) is 0 Å². The summed E-state index contributed by atoms with van der Waals surface area (Å²) >= 11 is 0. The third-order valence-electron chi connectivity index (χ3n) is 6.79. The smallest absolute Gasteiger partial charge is 0.234 e. The Morgan fingerprint density at radius 1 is 1.08 bits per heavy atom. The van der Waals surface area contributed by atoms with E-state index in [0.717, 1.165) is 41.1 Å². The molecular formula is C21H26N2O2. The average molecular weight is 338 g/mol. The van der Waals surface area contributed by atoms with Crippen molar-refractivity contribution in [3.63, 3.8) is 0 Å². The molecule has 3 aliphatic rings. The van der Waals surface area contributed by atoms with Gasteiger partial charge >= 0.3 is 0 Å². The molecule has 2 aromatic rings. The first-order valence-corrected chi connectivity index (χ1v) is 9.77. The van der Waals surface area contributed by atoms with Crippen LogP contribution in [0.3, 0.4) is 0 Å². The zero-order chi connectivity index (χ0) is 17.0. The van der Waals surface area contributed by atoms with E-state index in [9.17, 15) is 5.11 Å². The van der Waals surface area contributed by atoms with Crippen molar-refractivity contribution in [2.45, 2.75) is 50.9 Å². The van der Waals surface area contributed by atoms with Gasteiger partial charge in [0.15, 0.2) is 0 Å². The highest BCUT2D eigenvalue weighted by Crippen LogP contribution is 2.57. The summed E-state index contributed by atoms with van der Waals surface area (Å²) in [5.41, 5.74) is 2.33. The second-order valence-electron chi connectivity index (χ2n) is 8.32. The molecular weight excluding hydrogens is 312 g/mol. The summed E-state index contributed by atoms with van der Waals surface area (Å²) in [6.07, 6.45) is 9.67. The van der Waals surface area contributed by atoms with Crippen LogP contribution in [0.2, 0.25) is 0 Å². The van der Waals surface area contributed by atoms with Crippen LogP contribution in [0.4, 0.5) is 0 Å². The number of nitrogens with zero attached hydrogens (tertiary/aromatic N) is 2. The van der Waals surface area contributed by atoms with Crippen LogP contribution >= 0.6 is 0 Å². The number of aromatic hydroxyl groups is 1. The SMILES string of the molecule is COc1ccc2nc(C3CC3CCC[C@H]3CCC4CC43)c(O)nc2c1. The van der Waals surface area contributed by atoms with Gasteiger partial charge in [0.2, 0.25) is 5.88 Å². The van der Waals surface area contributed by atoms with E-state index in [4.69, 9.17) is 9.72 Å². The molecule has 0 amide bonds. The Kier molecular flexibility index (Phi) is 3.61. The van der Waals surface area contributed by atoms with Crippen LogP contribution in [-0.2, 0) is 0 Å². The zero-order valence-electron chi connectivity index (χ0n) is 14.8. The molecule has 1 aromatic heterocycles. The molecule has 0 radical (unpaired) electrons. The molecule has 0 bridgehead atoms. The van der Waals surface area contributed by atoms with Crippen LogP contribution in [0.15, 0.2) is 18.2 Å². The summed E-state index contributed by atoms with van der Waals surface area (Å²) < 4.78 is 5.22. The quantitative estimate of drug-likeness (QED) is 0.832. The van der Waals surface area contributed by atoms with Crippen molar-refractivity contribution in [2.24, 2.45) is 23.7 Å². The highest BCUT2D eigenvalue weighted by atomic mass is 16.5. The van der Waals surface area contributed by atoms with Gasteiger partial charge in [0.05, 0.1) is 18.1 Å². The Hall–Kier alpha value is -1.84. The summed E-state index contributed by atoms with van der Waals surface area (Å²) in [6, 6.07) is 5.64. The van der Waals surface area contributed by atoms with E-state index < -0.39 is 0 Å². The van der Waals surface area contributed by atoms with E-state index in [1.165, 1.54) is 38.5 Å². The van der Waals surface area contributed by atoms with Gasteiger partial charge in [-0.3, -0.25) is 0 Å². The van der Waals surface area contributed by atoms with E-state index in [2.05, 4.69) is 4.98 Å². The summed E-state index contributed by atoms with van der Waals surface area (Å²) in [6.45, 7) is 0. The maximum atomic E-state index is 10.3. The Bertz CT molecular complexity index is 806. The molecule has 5 rings (SSSR count). The maximum absolute atomic E-state index is 10.3. The first-order valence-electron chi connectivity index (χ1n) is 9.77. The van der Waals surface area contributed by atoms with Crippen LogP contribution in [0.5, 0.6) is 11.6 Å². The third-order valence-corrected chi connectivity index (χ3v) is 6.79. The fourth-order valence-corrected chi connectivity index (χ4v) is 5.14. The van der Waals surface area contributed by atoms with Gasteiger partial charge < -0.3 is 9.84 Å². The first kappa shape index (κ1) is 15.4. The normalized spacial score (nSPS) is 32.6. The monoisotopic (exact) mass is 338 g/mol. The number of hydrogen-bond acceptors (Lipinski definition) is 4. The third kappa shape index (κ3) is 2.86. The van der Waals surface area contributed by atoms with Crippen molar-refractivity contribution in [1.29, 1.82) is 0 Å². The largest absolute Gasteiger partial charge is 0.497 e. The number of benzene rings is 1. The lowest BCUT2D eigenvalue weighted by Gasteiger charge is -2.11. The molecule has 4 nitrogen and oxygen atoms in total. The second-order valence-corrected chi connectivity index (χ2v) is 8.32. The molecule has 3 saturated carbocycles. The van der Waals surface area contributed by atoms with E-state index in [0.29, 0.717) is 17.4 Å². The van der Waals surface area contributed by atoms with Gasteiger partial charge in [-0.1, -0.05) is 12.8 Å². The van der Waals surface area contributed by atoms with E-state index in [-0.39, 0.29) is 5.88 Å². The molecule has 0 saturated heterocycles. The molecule has 1 N–H and O–H groups in total. The predicted molar refractivity (Wildman–Crippen MR) is 96.8 cm³/mol. The molecule has 3 aliphatic carbocycles. The van der Waals surface area contributed by atoms with Crippen molar-refractivity contribution in [2.75, 3.05) is 7.11 Å². The number of methoxy groups -OCH3 is 1. The van der Waals surface area contributed by atoms with Gasteiger partial charge in [-0.25, -0.2) is 9.97 Å². The zero-order valence-corrected chi connectivity index (χ0v) is 14.8. The minimum atomic E-state index is 0.102.